The SMILES string of the molecule is c1ccc(-c2ccc(N(c3ccc(-c4cccc(-n5c6ccccc6c6ccccc65)c4)cc3)c3ccc4c(c3)oc3ccccc34)cc2)cc1.c1ccc(-c2ccc(N(c3ccc(-c4ccccc4)cc3)c3ccc(-c4cccc(-n5c6ccccc6c6ccccc65)c4)cc3)cc2)cc1.c1ccc(N(c2ccc(-c3cccc(-n4c5ccccc5c5ccccc54)c3)cc2)c2cccc3c2oc2ccccc23)cc1. The minimum absolute atomic E-state index is 0.873. The molecule has 5 heterocycles. The van der Waals surface area contributed by atoms with Crippen LogP contribution in [0, 0.1) is 0 Å². The van der Waals surface area contributed by atoms with E-state index in [4.69, 9.17) is 8.83 Å². The van der Waals surface area contributed by atoms with Crippen LogP contribution in [0.15, 0.2) is 579 Å². The van der Waals surface area contributed by atoms with Crippen molar-refractivity contribution in [3.05, 3.63) is 570 Å². The third-order valence-electron chi connectivity index (χ3n) is 28.4. The summed E-state index contributed by atoms with van der Waals surface area (Å²) in [6.07, 6.45) is 0. The largest absolute Gasteiger partial charge is 0.456 e. The van der Waals surface area contributed by atoms with Crippen LogP contribution in [-0.2, 0) is 0 Å². The van der Waals surface area contributed by atoms with E-state index in [1.165, 1.54) is 121 Å². The van der Waals surface area contributed by atoms with Crippen molar-refractivity contribution < 1.29 is 8.83 Å². The number of aromatic nitrogens is 3. The third-order valence-corrected chi connectivity index (χ3v) is 28.4. The van der Waals surface area contributed by atoms with E-state index >= 15 is 0 Å². The highest BCUT2D eigenvalue weighted by Crippen LogP contribution is 2.48. The molecule has 8 nitrogen and oxygen atoms in total. The van der Waals surface area contributed by atoms with Crippen LogP contribution in [0.3, 0.4) is 0 Å². The molecule has 0 fully saturated rings. The maximum absolute atomic E-state index is 6.47. The van der Waals surface area contributed by atoms with Gasteiger partial charge in [0.15, 0.2) is 5.58 Å². The summed E-state index contributed by atoms with van der Waals surface area (Å²) in [6.45, 7) is 0. The van der Waals surface area contributed by atoms with Crippen LogP contribution in [0.5, 0.6) is 0 Å². The number of nitrogens with zero attached hydrogens (tertiary/aromatic N) is 6. The van der Waals surface area contributed by atoms with Gasteiger partial charge in [0, 0.05) is 122 Å². The number of rotatable bonds is 18. The molecular weight excluding hydrogens is 1770 g/mol. The van der Waals surface area contributed by atoms with Crippen molar-refractivity contribution in [1.82, 2.24) is 13.7 Å². The molecule has 0 aliphatic carbocycles. The summed E-state index contributed by atoms with van der Waals surface area (Å²) < 4.78 is 19.9. The summed E-state index contributed by atoms with van der Waals surface area (Å²) in [7, 11) is 0. The van der Waals surface area contributed by atoms with E-state index < -0.39 is 0 Å². The van der Waals surface area contributed by atoms with E-state index in [0.717, 1.165) is 123 Å². The molecule has 5 aromatic heterocycles. The molecule has 28 rings (SSSR count). The van der Waals surface area contributed by atoms with Crippen LogP contribution in [0.4, 0.5) is 51.2 Å². The molecule has 23 aromatic carbocycles. The average Bonchev–Trinajstić information content (AvgIpc) is 1.64. The van der Waals surface area contributed by atoms with Gasteiger partial charge in [0.1, 0.15) is 16.7 Å². The van der Waals surface area contributed by atoms with Gasteiger partial charge in [-0.15, -0.1) is 0 Å². The Morgan fingerprint density at radius 3 is 0.699 bits per heavy atom. The zero-order chi connectivity index (χ0) is 96.7. The first-order valence-corrected chi connectivity index (χ1v) is 49.7. The predicted molar refractivity (Wildman–Crippen MR) is 614 cm³/mol. The minimum Gasteiger partial charge on any atom is -0.456 e. The van der Waals surface area contributed by atoms with Gasteiger partial charge < -0.3 is 37.2 Å². The van der Waals surface area contributed by atoms with Crippen molar-refractivity contribution in [3.63, 3.8) is 0 Å². The summed E-state index contributed by atoms with van der Waals surface area (Å²) in [6, 6.07) is 203. The second-order valence-electron chi connectivity index (χ2n) is 37.0. The van der Waals surface area contributed by atoms with Crippen LogP contribution in [-0.4, -0.2) is 13.7 Å². The first-order valence-electron chi connectivity index (χ1n) is 49.7. The highest BCUT2D eigenvalue weighted by atomic mass is 16.3. The molecule has 0 spiro atoms. The van der Waals surface area contributed by atoms with Crippen molar-refractivity contribution in [2.45, 2.75) is 0 Å². The zero-order valence-corrected chi connectivity index (χ0v) is 79.8. The van der Waals surface area contributed by atoms with E-state index in [9.17, 15) is 0 Å². The molecule has 8 heteroatoms. The predicted octanol–water partition coefficient (Wildman–Crippen LogP) is 38.6. The molecular formula is C138H94N6O2. The van der Waals surface area contributed by atoms with E-state index in [1.807, 2.05) is 24.3 Å². The van der Waals surface area contributed by atoms with Gasteiger partial charge >= 0.3 is 0 Å². The fourth-order valence-electron chi connectivity index (χ4n) is 21.4. The summed E-state index contributed by atoms with van der Waals surface area (Å²) >= 11 is 0. The van der Waals surface area contributed by atoms with Gasteiger partial charge in [-0.1, -0.05) is 376 Å². The van der Waals surface area contributed by atoms with Gasteiger partial charge in [0.2, 0.25) is 0 Å². The molecule has 0 unspecified atom stereocenters. The monoisotopic (exact) mass is 1870 g/mol. The van der Waals surface area contributed by atoms with Crippen molar-refractivity contribution in [2.75, 3.05) is 14.7 Å². The summed E-state index contributed by atoms with van der Waals surface area (Å²) in [4.78, 5) is 6.92. The lowest BCUT2D eigenvalue weighted by Crippen LogP contribution is -2.10. The maximum Gasteiger partial charge on any atom is 0.159 e. The summed E-state index contributed by atoms with van der Waals surface area (Å²) in [5.41, 5.74) is 38.2. The quantitative estimate of drug-likeness (QED) is 0.0857. The fourth-order valence-corrected chi connectivity index (χ4v) is 21.4. The molecule has 0 radical (unpaired) electrons. The third kappa shape index (κ3) is 16.3. The highest BCUT2D eigenvalue weighted by Gasteiger charge is 2.25. The normalized spacial score (nSPS) is 11.4. The van der Waals surface area contributed by atoms with Gasteiger partial charge in [0.05, 0.1) is 38.8 Å². The molecule has 0 atom stereocenters. The fraction of sp³-hybridized carbons (Fsp3) is 0. The number of fused-ring (bicyclic) bond motifs is 15. The molecule has 0 aliphatic heterocycles. The van der Waals surface area contributed by atoms with Gasteiger partial charge in [-0.05, 0) is 255 Å². The Balaban J connectivity index is 0.000000111. The Bertz CT molecular complexity index is 9410. The van der Waals surface area contributed by atoms with Crippen LogP contribution in [0.1, 0.15) is 0 Å². The molecule has 688 valence electrons. The lowest BCUT2D eigenvalue weighted by atomic mass is 10.0. The van der Waals surface area contributed by atoms with Crippen molar-refractivity contribution in [2.24, 2.45) is 0 Å². The second kappa shape index (κ2) is 37.9. The van der Waals surface area contributed by atoms with Crippen LogP contribution in [0.25, 0.3) is 193 Å². The average molecular weight is 1870 g/mol. The van der Waals surface area contributed by atoms with Crippen molar-refractivity contribution in [1.29, 1.82) is 0 Å². The highest BCUT2D eigenvalue weighted by molar-refractivity contribution is 6.14. The molecule has 0 N–H and O–H groups in total. The first-order chi connectivity index (χ1) is 72.4. The maximum atomic E-state index is 6.47. The number of furan rings is 2. The van der Waals surface area contributed by atoms with Gasteiger partial charge in [-0.25, -0.2) is 0 Å². The van der Waals surface area contributed by atoms with Gasteiger partial charge in [-0.2, -0.15) is 0 Å². The molecule has 146 heavy (non-hydrogen) atoms. The Hall–Kier alpha value is -19.5. The van der Waals surface area contributed by atoms with Crippen LogP contribution in [0.2, 0.25) is 0 Å². The van der Waals surface area contributed by atoms with E-state index in [2.05, 4.69) is 574 Å². The van der Waals surface area contributed by atoms with Crippen LogP contribution < -0.4 is 14.7 Å². The number of hydrogen-bond acceptors (Lipinski definition) is 5. The summed E-state index contributed by atoms with van der Waals surface area (Å²) in [5.74, 6) is 0. The molecule has 0 saturated carbocycles. The molecule has 0 bridgehead atoms. The number of para-hydroxylation sites is 10. The number of hydrogen-bond donors (Lipinski definition) is 0. The smallest absolute Gasteiger partial charge is 0.159 e. The number of anilines is 9. The first kappa shape index (κ1) is 86.8. The second-order valence-corrected chi connectivity index (χ2v) is 37.0. The zero-order valence-electron chi connectivity index (χ0n) is 79.8. The molecule has 0 amide bonds. The Labute approximate surface area is 845 Å². The van der Waals surface area contributed by atoms with Gasteiger partial charge in [0.25, 0.3) is 0 Å². The Kier molecular flexibility index (Phi) is 22.5. The lowest BCUT2D eigenvalue weighted by Gasteiger charge is -2.26. The standard InChI is InChI=1S/C48H32N2O.C48H34N2.C42H28N2O/c1-2-11-33(12-3-1)34-21-25-37(26-22-34)49(40-29-30-44-43-17-6-9-20-47(43)51-48(44)32-40)38-27-23-35(24-28-38)36-13-10-14-39(31-36)50-45-18-7-4-15-41(45)42-16-5-8-19-46(42)50;1-3-12-35(13-4-1)37-22-28-41(29-23-37)49(42-30-24-38(25-31-42)36-14-5-2-6-15-36)43-32-26-39(27-33-43)40-16-11-17-44(34-40)50-47-20-9-7-18-45(47)46-19-8-10-21-48(46)50;1-2-13-31(14-3-1)43(40-22-11-19-37-36-18-6-9-23-41(36)45-42(37)40)32-26-24-29(25-27-32)30-12-10-15-33(28-30)44-38-20-7-4-16-34(38)35-17-5-8-21-39(35)44/h1-32H;1-34H;1-28H. The molecule has 0 saturated heterocycles. The topological polar surface area (TPSA) is 50.8 Å². The molecule has 0 aliphatic rings. The van der Waals surface area contributed by atoms with Gasteiger partial charge in [-0.3, -0.25) is 0 Å². The van der Waals surface area contributed by atoms with E-state index in [0.29, 0.717) is 0 Å². The number of benzene rings is 23. The molecule has 28 aromatic rings. The van der Waals surface area contributed by atoms with E-state index in [-0.39, 0.29) is 0 Å². The minimum atomic E-state index is 0.873. The van der Waals surface area contributed by atoms with E-state index in [1.54, 1.807) is 0 Å². The summed E-state index contributed by atoms with van der Waals surface area (Å²) in [5, 5.41) is 12.1. The lowest BCUT2D eigenvalue weighted by molar-refractivity contribution is 0.668. The Morgan fingerprint density at radius 2 is 0.356 bits per heavy atom. The Morgan fingerprint density at radius 1 is 0.130 bits per heavy atom. The van der Waals surface area contributed by atoms with Crippen molar-refractivity contribution in [3.8, 4) is 83.8 Å². The van der Waals surface area contributed by atoms with Crippen LogP contribution >= 0.6 is 0 Å². The van der Waals surface area contributed by atoms with Crippen molar-refractivity contribution >= 4 is 160 Å².